The molecule has 0 aliphatic rings. The molecule has 2 aromatic rings. The summed E-state index contributed by atoms with van der Waals surface area (Å²) in [5.41, 5.74) is 2.82. The summed E-state index contributed by atoms with van der Waals surface area (Å²) >= 11 is 6.16. The van der Waals surface area contributed by atoms with Crippen LogP contribution in [0.15, 0.2) is 24.3 Å². The monoisotopic (exact) mass is 266 g/mol. The van der Waals surface area contributed by atoms with Crippen molar-refractivity contribution in [3.63, 3.8) is 0 Å². The third-order valence-corrected chi connectivity index (χ3v) is 3.58. The Hall–Kier alpha value is -1.35. The average Bonchev–Trinajstić information content (AvgIpc) is 2.65. The van der Waals surface area contributed by atoms with Crippen LogP contribution >= 0.6 is 11.6 Å². The molecule has 1 aromatic heterocycles. The maximum absolute atomic E-state index is 13.4. The van der Waals surface area contributed by atoms with E-state index in [2.05, 4.69) is 12.0 Å². The van der Waals surface area contributed by atoms with Crippen molar-refractivity contribution in [2.45, 2.75) is 26.2 Å². The lowest BCUT2D eigenvalue weighted by atomic mass is 9.93. The molecule has 0 bridgehead atoms. The predicted octanol–water partition coefficient (Wildman–Crippen LogP) is 4.06. The molecule has 18 heavy (non-hydrogen) atoms. The summed E-state index contributed by atoms with van der Waals surface area (Å²) in [5.74, 6) is -0.228. The molecule has 0 spiro atoms. The molecular formula is C14H16ClFN2. The Morgan fingerprint density at radius 1 is 1.39 bits per heavy atom. The summed E-state index contributed by atoms with van der Waals surface area (Å²) in [6.07, 6.45) is 0.833. The highest BCUT2D eigenvalue weighted by atomic mass is 35.5. The lowest BCUT2D eigenvalue weighted by Crippen LogP contribution is -2.03. The molecule has 1 aromatic carbocycles. The van der Waals surface area contributed by atoms with Gasteiger partial charge in [0.2, 0.25) is 0 Å². The molecule has 0 amide bonds. The molecule has 0 aliphatic heterocycles. The van der Waals surface area contributed by atoms with E-state index in [4.69, 9.17) is 11.6 Å². The summed E-state index contributed by atoms with van der Waals surface area (Å²) in [5, 5.41) is 5.05. The van der Waals surface area contributed by atoms with Gasteiger partial charge in [-0.3, -0.25) is 4.68 Å². The van der Waals surface area contributed by atoms with Crippen molar-refractivity contribution in [3.8, 4) is 0 Å². The number of hydrogen-bond acceptors (Lipinski definition) is 1. The van der Waals surface area contributed by atoms with Gasteiger partial charge in [0, 0.05) is 23.7 Å². The number of aromatic nitrogens is 2. The lowest BCUT2D eigenvalue weighted by Gasteiger charge is -2.14. The van der Waals surface area contributed by atoms with Crippen LogP contribution in [0.2, 0.25) is 5.02 Å². The molecule has 2 nitrogen and oxygen atoms in total. The zero-order valence-corrected chi connectivity index (χ0v) is 11.5. The van der Waals surface area contributed by atoms with Gasteiger partial charge in [0.25, 0.3) is 0 Å². The SMILES string of the molecule is CC[C@@H](c1cc(C)n(C)n1)c1cc(F)ccc1Cl. The van der Waals surface area contributed by atoms with Gasteiger partial charge < -0.3 is 0 Å². The average molecular weight is 267 g/mol. The van der Waals surface area contributed by atoms with Crippen LogP contribution in [0.4, 0.5) is 4.39 Å². The second kappa shape index (κ2) is 5.11. The smallest absolute Gasteiger partial charge is 0.123 e. The molecule has 0 saturated carbocycles. The van der Waals surface area contributed by atoms with Gasteiger partial charge in [-0.15, -0.1) is 0 Å². The van der Waals surface area contributed by atoms with E-state index < -0.39 is 0 Å². The minimum Gasteiger partial charge on any atom is -0.273 e. The molecule has 1 atom stereocenters. The minimum absolute atomic E-state index is 0.0353. The number of rotatable bonds is 3. The number of aryl methyl sites for hydroxylation is 2. The molecule has 0 saturated heterocycles. The van der Waals surface area contributed by atoms with Gasteiger partial charge in [-0.1, -0.05) is 18.5 Å². The van der Waals surface area contributed by atoms with Gasteiger partial charge in [0.15, 0.2) is 0 Å². The van der Waals surface area contributed by atoms with Crippen molar-refractivity contribution in [2.24, 2.45) is 7.05 Å². The second-order valence-electron chi connectivity index (χ2n) is 4.46. The van der Waals surface area contributed by atoms with Crippen molar-refractivity contribution >= 4 is 11.6 Å². The Bertz CT molecular complexity index is 543. The maximum Gasteiger partial charge on any atom is 0.123 e. The highest BCUT2D eigenvalue weighted by Gasteiger charge is 2.19. The van der Waals surface area contributed by atoms with Crippen LogP contribution in [0.5, 0.6) is 0 Å². The predicted molar refractivity (Wildman–Crippen MR) is 71.5 cm³/mol. The summed E-state index contributed by atoms with van der Waals surface area (Å²) in [6, 6.07) is 6.50. The van der Waals surface area contributed by atoms with Crippen molar-refractivity contribution < 1.29 is 4.39 Å². The fourth-order valence-corrected chi connectivity index (χ4v) is 2.38. The van der Waals surface area contributed by atoms with Crippen LogP contribution in [0.25, 0.3) is 0 Å². The maximum atomic E-state index is 13.4. The van der Waals surface area contributed by atoms with Crippen LogP contribution in [-0.4, -0.2) is 9.78 Å². The fourth-order valence-electron chi connectivity index (χ4n) is 2.13. The van der Waals surface area contributed by atoms with E-state index >= 15 is 0 Å². The number of nitrogens with zero attached hydrogens (tertiary/aromatic N) is 2. The van der Waals surface area contributed by atoms with Gasteiger partial charge in [-0.2, -0.15) is 5.10 Å². The lowest BCUT2D eigenvalue weighted by molar-refractivity contribution is 0.619. The van der Waals surface area contributed by atoms with E-state index in [0.29, 0.717) is 5.02 Å². The number of hydrogen-bond donors (Lipinski definition) is 0. The summed E-state index contributed by atoms with van der Waals surface area (Å²) < 4.78 is 15.2. The van der Waals surface area contributed by atoms with Crippen LogP contribution in [0.3, 0.4) is 0 Å². The highest BCUT2D eigenvalue weighted by molar-refractivity contribution is 6.31. The summed E-state index contributed by atoms with van der Waals surface area (Å²) in [4.78, 5) is 0. The molecule has 0 radical (unpaired) electrons. The van der Waals surface area contributed by atoms with E-state index in [1.54, 1.807) is 6.07 Å². The molecule has 0 N–H and O–H groups in total. The van der Waals surface area contributed by atoms with Crippen LogP contribution < -0.4 is 0 Å². The van der Waals surface area contributed by atoms with Gasteiger partial charge in [0.1, 0.15) is 5.82 Å². The van der Waals surface area contributed by atoms with Crippen molar-refractivity contribution in [1.82, 2.24) is 9.78 Å². The first-order valence-electron chi connectivity index (χ1n) is 5.98. The van der Waals surface area contributed by atoms with Crippen LogP contribution in [-0.2, 0) is 7.05 Å². The quantitative estimate of drug-likeness (QED) is 0.819. The van der Waals surface area contributed by atoms with E-state index in [1.165, 1.54) is 12.1 Å². The van der Waals surface area contributed by atoms with Gasteiger partial charge in [-0.05, 0) is 43.2 Å². The normalized spacial score (nSPS) is 12.7. The van der Waals surface area contributed by atoms with Crippen molar-refractivity contribution in [2.75, 3.05) is 0 Å². The van der Waals surface area contributed by atoms with Gasteiger partial charge in [-0.25, -0.2) is 4.39 Å². The summed E-state index contributed by atoms with van der Waals surface area (Å²) in [6.45, 7) is 4.05. The van der Waals surface area contributed by atoms with E-state index in [0.717, 1.165) is 23.4 Å². The fraction of sp³-hybridized carbons (Fsp3) is 0.357. The molecule has 4 heteroatoms. The molecular weight excluding hydrogens is 251 g/mol. The topological polar surface area (TPSA) is 17.8 Å². The van der Waals surface area contributed by atoms with Crippen molar-refractivity contribution in [3.05, 3.63) is 52.1 Å². The van der Waals surface area contributed by atoms with Crippen LogP contribution in [0, 0.1) is 12.7 Å². The van der Waals surface area contributed by atoms with Crippen molar-refractivity contribution in [1.29, 1.82) is 0 Å². The Balaban J connectivity index is 2.48. The zero-order valence-electron chi connectivity index (χ0n) is 10.7. The largest absolute Gasteiger partial charge is 0.273 e. The highest BCUT2D eigenvalue weighted by Crippen LogP contribution is 2.32. The Morgan fingerprint density at radius 2 is 2.11 bits per heavy atom. The Morgan fingerprint density at radius 3 is 2.67 bits per heavy atom. The number of benzene rings is 1. The molecule has 1 heterocycles. The molecule has 0 fully saturated rings. The third-order valence-electron chi connectivity index (χ3n) is 3.23. The van der Waals surface area contributed by atoms with E-state index in [1.807, 2.05) is 24.7 Å². The number of halogens is 2. The molecule has 0 unspecified atom stereocenters. The van der Waals surface area contributed by atoms with Crippen LogP contribution in [0.1, 0.15) is 36.2 Å². The standard InChI is InChI=1S/C14H16ClFN2/c1-4-11(14-7-9(2)18(3)17-14)12-8-10(16)5-6-13(12)15/h5-8,11H,4H2,1-3H3/t11-/m1/s1. The first-order chi connectivity index (χ1) is 8.52. The Kier molecular flexibility index (Phi) is 3.71. The molecule has 0 aliphatic carbocycles. The molecule has 96 valence electrons. The van der Waals surface area contributed by atoms with Gasteiger partial charge >= 0.3 is 0 Å². The minimum atomic E-state index is -0.263. The van der Waals surface area contributed by atoms with Gasteiger partial charge in [0.05, 0.1) is 5.69 Å². The summed E-state index contributed by atoms with van der Waals surface area (Å²) in [7, 11) is 1.90. The third kappa shape index (κ3) is 2.41. The second-order valence-corrected chi connectivity index (χ2v) is 4.87. The first kappa shape index (κ1) is 13.1. The Labute approximate surface area is 111 Å². The zero-order chi connectivity index (χ0) is 13.3. The van der Waals surface area contributed by atoms with E-state index in [-0.39, 0.29) is 11.7 Å². The van der Waals surface area contributed by atoms with E-state index in [9.17, 15) is 4.39 Å². The molecule has 2 rings (SSSR count). The first-order valence-corrected chi connectivity index (χ1v) is 6.36.